The number of hydrogen-bond donors (Lipinski definition) is 1. The van der Waals surface area contributed by atoms with Crippen LogP contribution in [0, 0.1) is 0 Å². The van der Waals surface area contributed by atoms with Crippen molar-refractivity contribution in [2.75, 3.05) is 20.8 Å². The molecule has 0 aliphatic heterocycles. The average molecular weight is 223 g/mol. The van der Waals surface area contributed by atoms with E-state index in [1.807, 2.05) is 18.2 Å². The summed E-state index contributed by atoms with van der Waals surface area (Å²) >= 11 is 0. The van der Waals surface area contributed by atoms with Gasteiger partial charge in [-0.1, -0.05) is 18.2 Å². The van der Waals surface area contributed by atoms with E-state index in [4.69, 9.17) is 15.2 Å². The number of rotatable bonds is 4. The van der Waals surface area contributed by atoms with E-state index in [0.717, 1.165) is 5.56 Å². The van der Waals surface area contributed by atoms with Crippen LogP contribution in [0.25, 0.3) is 0 Å². The molecule has 4 nitrogen and oxygen atoms in total. The Balaban J connectivity index is 3.27. The summed E-state index contributed by atoms with van der Waals surface area (Å²) in [5, 5.41) is 0. The second kappa shape index (κ2) is 4.99. The highest BCUT2D eigenvalue weighted by molar-refractivity contribution is 5.84. The molecule has 0 amide bonds. The number of para-hydroxylation sites is 1. The maximum atomic E-state index is 11.8. The van der Waals surface area contributed by atoms with Crippen LogP contribution in [0.15, 0.2) is 24.3 Å². The van der Waals surface area contributed by atoms with Gasteiger partial charge in [0.1, 0.15) is 11.2 Å². The molecule has 0 spiro atoms. The summed E-state index contributed by atoms with van der Waals surface area (Å²) in [7, 11) is 2.92. The SMILES string of the molecule is COC(=O)C(C)(CN)c1ccccc1OC. The molecule has 0 fully saturated rings. The van der Waals surface area contributed by atoms with E-state index in [1.165, 1.54) is 7.11 Å². The molecule has 1 atom stereocenters. The van der Waals surface area contributed by atoms with Crippen molar-refractivity contribution >= 4 is 5.97 Å². The highest BCUT2D eigenvalue weighted by Crippen LogP contribution is 2.31. The Bertz CT molecular complexity index is 378. The van der Waals surface area contributed by atoms with Gasteiger partial charge in [-0.25, -0.2) is 0 Å². The number of nitrogens with two attached hydrogens (primary N) is 1. The Labute approximate surface area is 95.3 Å². The van der Waals surface area contributed by atoms with Crippen molar-refractivity contribution in [3.05, 3.63) is 29.8 Å². The summed E-state index contributed by atoms with van der Waals surface area (Å²) in [5.41, 5.74) is 5.55. The van der Waals surface area contributed by atoms with E-state index in [0.29, 0.717) is 5.75 Å². The number of hydrogen-bond acceptors (Lipinski definition) is 4. The van der Waals surface area contributed by atoms with Crippen LogP contribution in [0.5, 0.6) is 5.75 Å². The molecule has 0 saturated carbocycles. The molecule has 0 saturated heterocycles. The maximum absolute atomic E-state index is 11.8. The van der Waals surface area contributed by atoms with Gasteiger partial charge in [0.15, 0.2) is 0 Å². The molecule has 2 N–H and O–H groups in total. The lowest BCUT2D eigenvalue weighted by atomic mass is 9.82. The third-order valence-corrected chi connectivity index (χ3v) is 2.75. The fraction of sp³-hybridized carbons (Fsp3) is 0.417. The predicted molar refractivity (Wildman–Crippen MR) is 61.4 cm³/mol. The van der Waals surface area contributed by atoms with Gasteiger partial charge in [-0.3, -0.25) is 4.79 Å². The van der Waals surface area contributed by atoms with Crippen LogP contribution in [-0.4, -0.2) is 26.7 Å². The van der Waals surface area contributed by atoms with Gasteiger partial charge in [-0.2, -0.15) is 0 Å². The van der Waals surface area contributed by atoms with Crippen LogP contribution >= 0.6 is 0 Å². The van der Waals surface area contributed by atoms with Crippen molar-refractivity contribution in [3.63, 3.8) is 0 Å². The third-order valence-electron chi connectivity index (χ3n) is 2.75. The summed E-state index contributed by atoms with van der Waals surface area (Å²) in [6, 6.07) is 7.31. The fourth-order valence-corrected chi connectivity index (χ4v) is 1.63. The van der Waals surface area contributed by atoms with Crippen molar-refractivity contribution in [3.8, 4) is 5.75 Å². The highest BCUT2D eigenvalue weighted by atomic mass is 16.5. The molecular formula is C12H17NO3. The first-order valence-electron chi connectivity index (χ1n) is 5.02. The Morgan fingerprint density at radius 2 is 2.00 bits per heavy atom. The van der Waals surface area contributed by atoms with Gasteiger partial charge in [0, 0.05) is 12.1 Å². The first kappa shape index (κ1) is 12.5. The molecule has 0 aliphatic rings. The second-order valence-corrected chi connectivity index (χ2v) is 3.73. The molecule has 0 aromatic heterocycles. The van der Waals surface area contributed by atoms with Crippen molar-refractivity contribution < 1.29 is 14.3 Å². The molecule has 0 radical (unpaired) electrons. The van der Waals surface area contributed by atoms with Crippen molar-refractivity contribution in [1.82, 2.24) is 0 Å². The molecule has 4 heteroatoms. The molecule has 1 rings (SSSR count). The Kier molecular flexibility index (Phi) is 3.90. The van der Waals surface area contributed by atoms with Crippen LogP contribution in [0.3, 0.4) is 0 Å². The van der Waals surface area contributed by atoms with E-state index in [-0.39, 0.29) is 12.5 Å². The molecule has 16 heavy (non-hydrogen) atoms. The maximum Gasteiger partial charge on any atom is 0.317 e. The van der Waals surface area contributed by atoms with Gasteiger partial charge in [0.05, 0.1) is 14.2 Å². The van der Waals surface area contributed by atoms with Gasteiger partial charge in [-0.15, -0.1) is 0 Å². The minimum absolute atomic E-state index is 0.167. The van der Waals surface area contributed by atoms with Gasteiger partial charge in [0.25, 0.3) is 0 Å². The van der Waals surface area contributed by atoms with Crippen molar-refractivity contribution in [1.29, 1.82) is 0 Å². The lowest BCUT2D eigenvalue weighted by Crippen LogP contribution is -2.41. The van der Waals surface area contributed by atoms with Crippen molar-refractivity contribution in [2.45, 2.75) is 12.3 Å². The number of ether oxygens (including phenoxy) is 2. The highest BCUT2D eigenvalue weighted by Gasteiger charge is 2.37. The van der Waals surface area contributed by atoms with Crippen LogP contribution < -0.4 is 10.5 Å². The summed E-state index contributed by atoms with van der Waals surface area (Å²) < 4.78 is 10.0. The van der Waals surface area contributed by atoms with E-state index in [9.17, 15) is 4.79 Å². The number of esters is 1. The smallest absolute Gasteiger partial charge is 0.317 e. The number of carbonyl (C=O) groups excluding carboxylic acids is 1. The Hall–Kier alpha value is -1.55. The standard InChI is InChI=1S/C12H17NO3/c1-12(8-13,11(14)16-3)9-6-4-5-7-10(9)15-2/h4-7H,8,13H2,1-3H3. The summed E-state index contributed by atoms with van der Waals surface area (Å²) in [6.45, 7) is 1.91. The molecule has 1 aromatic carbocycles. The lowest BCUT2D eigenvalue weighted by Gasteiger charge is -2.26. The van der Waals surface area contributed by atoms with Crippen LogP contribution in [0.4, 0.5) is 0 Å². The van der Waals surface area contributed by atoms with Crippen LogP contribution in [-0.2, 0) is 14.9 Å². The van der Waals surface area contributed by atoms with Gasteiger partial charge < -0.3 is 15.2 Å². The minimum atomic E-state index is -0.874. The van der Waals surface area contributed by atoms with E-state index in [1.54, 1.807) is 20.1 Å². The minimum Gasteiger partial charge on any atom is -0.496 e. The third kappa shape index (κ3) is 2.02. The molecule has 0 aliphatic carbocycles. The quantitative estimate of drug-likeness (QED) is 0.776. The zero-order valence-corrected chi connectivity index (χ0v) is 9.82. The molecule has 1 aromatic rings. The number of carbonyl (C=O) groups is 1. The molecular weight excluding hydrogens is 206 g/mol. The van der Waals surface area contributed by atoms with Gasteiger partial charge in [0.2, 0.25) is 0 Å². The number of methoxy groups -OCH3 is 2. The van der Waals surface area contributed by atoms with Crippen molar-refractivity contribution in [2.24, 2.45) is 5.73 Å². The monoisotopic (exact) mass is 223 g/mol. The molecule has 0 bridgehead atoms. The van der Waals surface area contributed by atoms with E-state index >= 15 is 0 Å². The average Bonchev–Trinajstić information content (AvgIpc) is 2.36. The van der Waals surface area contributed by atoms with Gasteiger partial charge >= 0.3 is 5.97 Å². The van der Waals surface area contributed by atoms with Gasteiger partial charge in [-0.05, 0) is 13.0 Å². The number of benzene rings is 1. The lowest BCUT2D eigenvalue weighted by molar-refractivity contribution is -0.146. The van der Waals surface area contributed by atoms with Crippen LogP contribution in [0.2, 0.25) is 0 Å². The second-order valence-electron chi connectivity index (χ2n) is 3.73. The van der Waals surface area contributed by atoms with Crippen LogP contribution in [0.1, 0.15) is 12.5 Å². The molecule has 1 unspecified atom stereocenters. The topological polar surface area (TPSA) is 61.5 Å². The fourth-order valence-electron chi connectivity index (χ4n) is 1.63. The van der Waals surface area contributed by atoms with E-state index in [2.05, 4.69) is 0 Å². The largest absolute Gasteiger partial charge is 0.496 e. The molecule has 88 valence electrons. The first-order chi connectivity index (χ1) is 7.60. The summed E-state index contributed by atoms with van der Waals surface area (Å²) in [6.07, 6.45) is 0. The zero-order valence-electron chi connectivity index (χ0n) is 9.82. The van der Waals surface area contributed by atoms with E-state index < -0.39 is 5.41 Å². The predicted octanol–water partition coefficient (Wildman–Crippen LogP) is 1.08. The summed E-state index contributed by atoms with van der Waals surface area (Å²) in [4.78, 5) is 11.8. The zero-order chi connectivity index (χ0) is 12.2. The normalized spacial score (nSPS) is 14.0. The Morgan fingerprint density at radius 1 is 1.38 bits per heavy atom. The Morgan fingerprint density at radius 3 is 2.50 bits per heavy atom. The molecule has 0 heterocycles. The first-order valence-corrected chi connectivity index (χ1v) is 5.02. The summed E-state index contributed by atoms with van der Waals surface area (Å²) in [5.74, 6) is 0.278.